The molecule has 0 aliphatic rings. The minimum atomic E-state index is -0.734. The fraction of sp³-hybridized carbons (Fsp3) is 0.375. The molecule has 0 bridgehead atoms. The second-order valence-electron chi connectivity index (χ2n) is 6.06. The van der Waals surface area contributed by atoms with Crippen LogP contribution in [0.2, 0.25) is 0 Å². The van der Waals surface area contributed by atoms with Gasteiger partial charge in [0, 0.05) is 0 Å². The number of aliphatic hydroxyl groups is 1. The van der Waals surface area contributed by atoms with Crippen LogP contribution in [0.4, 0.5) is 5.82 Å². The Labute approximate surface area is 138 Å². The van der Waals surface area contributed by atoms with Crippen LogP contribution in [0.1, 0.15) is 16.8 Å². The lowest BCUT2D eigenvalue weighted by molar-refractivity contribution is -0.389. The van der Waals surface area contributed by atoms with Gasteiger partial charge < -0.3 is 19.8 Å². The van der Waals surface area contributed by atoms with Crippen molar-refractivity contribution in [2.45, 2.75) is 40.0 Å². The topological polar surface area (TPSA) is 99.0 Å². The summed E-state index contributed by atoms with van der Waals surface area (Å²) in [5.74, 6) is -0.209. The van der Waals surface area contributed by atoms with Gasteiger partial charge in [-0.3, -0.25) is 0 Å². The number of rotatable bonds is 5. The molecule has 1 unspecified atom stereocenters. The van der Waals surface area contributed by atoms with Crippen LogP contribution in [0.5, 0.6) is 0 Å². The van der Waals surface area contributed by atoms with Gasteiger partial charge in [0.25, 0.3) is 0 Å². The van der Waals surface area contributed by atoms with E-state index in [2.05, 4.69) is 10.1 Å². The van der Waals surface area contributed by atoms with Gasteiger partial charge in [-0.15, -0.1) is 0 Å². The van der Waals surface area contributed by atoms with Crippen LogP contribution in [0, 0.1) is 30.9 Å². The monoisotopic (exact) mass is 329 g/mol. The number of imidazole rings is 1. The van der Waals surface area contributed by atoms with E-state index in [0.29, 0.717) is 12.2 Å². The molecule has 0 fully saturated rings. The zero-order valence-electron chi connectivity index (χ0n) is 13.8. The van der Waals surface area contributed by atoms with Crippen LogP contribution >= 0.6 is 0 Å². The minimum absolute atomic E-state index is 0.185. The maximum Gasteiger partial charge on any atom is 0.390 e. The predicted octanol–water partition coefficient (Wildman–Crippen LogP) is 2.13. The molecule has 3 rings (SSSR count). The van der Waals surface area contributed by atoms with Crippen molar-refractivity contribution in [1.82, 2.24) is 19.3 Å². The van der Waals surface area contributed by atoms with Gasteiger partial charge in [-0.1, -0.05) is 0 Å². The molecule has 2 aromatic heterocycles. The molecule has 0 aliphatic carbocycles. The van der Waals surface area contributed by atoms with Crippen molar-refractivity contribution in [1.29, 1.82) is 0 Å². The first-order valence-corrected chi connectivity index (χ1v) is 7.64. The molecule has 2 heterocycles. The van der Waals surface area contributed by atoms with Gasteiger partial charge in [0.05, 0.1) is 53.4 Å². The molecule has 0 saturated heterocycles. The van der Waals surface area contributed by atoms with E-state index < -0.39 is 11.0 Å². The average Bonchev–Trinajstić information content (AvgIpc) is 3.05. The van der Waals surface area contributed by atoms with Crippen LogP contribution in [0.15, 0.2) is 24.5 Å². The lowest BCUT2D eigenvalue weighted by atomic mass is 10.1. The number of nitro groups is 1. The fourth-order valence-corrected chi connectivity index (χ4v) is 2.71. The zero-order chi connectivity index (χ0) is 17.4. The van der Waals surface area contributed by atoms with E-state index in [1.165, 1.54) is 16.3 Å². The van der Waals surface area contributed by atoms with E-state index in [9.17, 15) is 15.2 Å². The van der Waals surface area contributed by atoms with Crippen molar-refractivity contribution in [2.75, 3.05) is 0 Å². The first-order valence-electron chi connectivity index (χ1n) is 7.64. The molecule has 0 radical (unpaired) electrons. The minimum Gasteiger partial charge on any atom is -0.389 e. The number of nitrogens with zero attached hydrogens (tertiary/aromatic N) is 5. The standard InChI is InChI=1S/C16H19N5O3/c1-10-4-14-15(5-11(10)2)19(9-17-14)7-13(22)8-20-12(3)6-16(18-20)21(23)24/h4-6,9,13,22H,7-8H2,1-3H3. The summed E-state index contributed by atoms with van der Waals surface area (Å²) in [6.45, 7) is 6.33. The largest absolute Gasteiger partial charge is 0.390 e. The number of aromatic nitrogens is 4. The third-order valence-corrected chi connectivity index (χ3v) is 4.18. The molecule has 1 atom stereocenters. The molecule has 3 aromatic rings. The Morgan fingerprint density at radius 2 is 1.92 bits per heavy atom. The fourth-order valence-electron chi connectivity index (χ4n) is 2.71. The van der Waals surface area contributed by atoms with Gasteiger partial charge in [0.15, 0.2) is 0 Å². The van der Waals surface area contributed by atoms with Gasteiger partial charge >= 0.3 is 5.82 Å². The van der Waals surface area contributed by atoms with E-state index >= 15 is 0 Å². The molecular weight excluding hydrogens is 310 g/mol. The van der Waals surface area contributed by atoms with Crippen LogP contribution in [-0.4, -0.2) is 35.5 Å². The third kappa shape index (κ3) is 3.00. The van der Waals surface area contributed by atoms with Crippen molar-refractivity contribution in [3.8, 4) is 0 Å². The van der Waals surface area contributed by atoms with Gasteiger partial charge in [-0.25, -0.2) is 4.98 Å². The Morgan fingerprint density at radius 1 is 1.21 bits per heavy atom. The summed E-state index contributed by atoms with van der Waals surface area (Å²) in [5, 5.41) is 25.0. The van der Waals surface area contributed by atoms with E-state index in [-0.39, 0.29) is 12.4 Å². The first-order chi connectivity index (χ1) is 11.3. The van der Waals surface area contributed by atoms with Crippen molar-refractivity contribution in [2.24, 2.45) is 0 Å². The number of aryl methyl sites for hydroxylation is 3. The Hall–Kier alpha value is -2.74. The van der Waals surface area contributed by atoms with Crippen molar-refractivity contribution in [3.63, 3.8) is 0 Å². The summed E-state index contributed by atoms with van der Waals surface area (Å²) in [6, 6.07) is 5.47. The highest BCUT2D eigenvalue weighted by Crippen LogP contribution is 2.19. The second kappa shape index (κ2) is 6.04. The summed E-state index contributed by atoms with van der Waals surface area (Å²) in [5.41, 5.74) is 4.82. The quantitative estimate of drug-likeness (QED) is 0.571. The smallest absolute Gasteiger partial charge is 0.389 e. The molecule has 1 N–H and O–H groups in total. The molecule has 126 valence electrons. The Balaban J connectivity index is 1.79. The predicted molar refractivity (Wildman–Crippen MR) is 88.8 cm³/mol. The zero-order valence-corrected chi connectivity index (χ0v) is 13.8. The summed E-state index contributed by atoms with van der Waals surface area (Å²) in [6.07, 6.45) is 0.966. The van der Waals surface area contributed by atoms with Crippen LogP contribution in [0.3, 0.4) is 0 Å². The second-order valence-corrected chi connectivity index (χ2v) is 6.06. The molecule has 1 aromatic carbocycles. The molecule has 8 heteroatoms. The van der Waals surface area contributed by atoms with Gasteiger partial charge in [0.2, 0.25) is 0 Å². The Kier molecular flexibility index (Phi) is 4.06. The average molecular weight is 329 g/mol. The number of fused-ring (bicyclic) bond motifs is 1. The van der Waals surface area contributed by atoms with E-state index in [0.717, 1.165) is 16.6 Å². The Morgan fingerprint density at radius 3 is 2.58 bits per heavy atom. The summed E-state index contributed by atoms with van der Waals surface area (Å²) < 4.78 is 3.34. The summed E-state index contributed by atoms with van der Waals surface area (Å²) in [7, 11) is 0. The van der Waals surface area contributed by atoms with Crippen LogP contribution < -0.4 is 0 Å². The van der Waals surface area contributed by atoms with Crippen LogP contribution in [0.25, 0.3) is 11.0 Å². The third-order valence-electron chi connectivity index (χ3n) is 4.18. The normalized spacial score (nSPS) is 12.7. The van der Waals surface area contributed by atoms with Gasteiger partial charge in [0.1, 0.15) is 0 Å². The highest BCUT2D eigenvalue weighted by molar-refractivity contribution is 5.77. The molecule has 24 heavy (non-hydrogen) atoms. The number of hydrogen-bond donors (Lipinski definition) is 1. The first kappa shape index (κ1) is 16.1. The lowest BCUT2D eigenvalue weighted by Crippen LogP contribution is -2.23. The number of hydrogen-bond acceptors (Lipinski definition) is 5. The van der Waals surface area contributed by atoms with Crippen molar-refractivity contribution in [3.05, 3.63) is 51.5 Å². The van der Waals surface area contributed by atoms with E-state index in [1.54, 1.807) is 13.3 Å². The van der Waals surface area contributed by atoms with Crippen LogP contribution in [-0.2, 0) is 13.1 Å². The highest BCUT2D eigenvalue weighted by atomic mass is 16.6. The maximum absolute atomic E-state index is 10.8. The van der Waals surface area contributed by atoms with Gasteiger partial charge in [-0.2, -0.15) is 4.68 Å². The molecular formula is C16H19N5O3. The Bertz CT molecular complexity index is 912. The van der Waals surface area contributed by atoms with E-state index in [1.807, 2.05) is 30.5 Å². The number of aliphatic hydroxyl groups excluding tert-OH is 1. The molecule has 0 spiro atoms. The SMILES string of the molecule is Cc1cc2ncn(CC(O)Cn3nc([N+](=O)[O-])cc3C)c2cc1C. The van der Waals surface area contributed by atoms with Gasteiger partial charge in [-0.05, 0) is 49.0 Å². The maximum atomic E-state index is 10.8. The van der Waals surface area contributed by atoms with Crippen molar-refractivity contribution < 1.29 is 10.0 Å². The molecule has 0 saturated carbocycles. The molecule has 8 nitrogen and oxygen atoms in total. The molecule has 0 aliphatic heterocycles. The highest BCUT2D eigenvalue weighted by Gasteiger charge is 2.18. The van der Waals surface area contributed by atoms with E-state index in [4.69, 9.17) is 0 Å². The van der Waals surface area contributed by atoms with Crippen molar-refractivity contribution >= 4 is 16.9 Å². The summed E-state index contributed by atoms with van der Waals surface area (Å²) in [4.78, 5) is 14.6. The summed E-state index contributed by atoms with van der Waals surface area (Å²) >= 11 is 0. The molecule has 0 amide bonds. The lowest BCUT2D eigenvalue weighted by Gasteiger charge is -2.12. The number of benzene rings is 1.